The zero-order valence-electron chi connectivity index (χ0n) is 16.0. The van der Waals surface area contributed by atoms with Gasteiger partial charge in [-0.25, -0.2) is 0 Å². The van der Waals surface area contributed by atoms with Gasteiger partial charge in [-0.15, -0.1) is 0 Å². The number of benzene rings is 2. The van der Waals surface area contributed by atoms with E-state index in [1.807, 2.05) is 56.3 Å². The van der Waals surface area contributed by atoms with Crippen molar-refractivity contribution in [3.05, 3.63) is 94.3 Å². The van der Waals surface area contributed by atoms with Crippen molar-refractivity contribution in [3.63, 3.8) is 0 Å². The van der Waals surface area contributed by atoms with Gasteiger partial charge in [0.25, 0.3) is 5.91 Å². The van der Waals surface area contributed by atoms with Crippen LogP contribution in [0.3, 0.4) is 0 Å². The van der Waals surface area contributed by atoms with Gasteiger partial charge in [-0.2, -0.15) is 0 Å². The van der Waals surface area contributed by atoms with E-state index in [0.717, 1.165) is 34.6 Å². The highest BCUT2D eigenvalue weighted by Crippen LogP contribution is 2.24. The van der Waals surface area contributed by atoms with E-state index in [2.05, 4.69) is 22.4 Å². The van der Waals surface area contributed by atoms with Gasteiger partial charge in [0.2, 0.25) is 0 Å². The Morgan fingerprint density at radius 1 is 1.04 bits per heavy atom. The molecule has 0 aliphatic carbocycles. The number of amides is 1. The third kappa shape index (κ3) is 4.34. The fourth-order valence-electron chi connectivity index (χ4n) is 3.22. The maximum absolute atomic E-state index is 12.8. The Kier molecular flexibility index (Phi) is 5.87. The van der Waals surface area contributed by atoms with Gasteiger partial charge in [0.05, 0.1) is 19.3 Å². The van der Waals surface area contributed by atoms with Crippen LogP contribution in [0, 0.1) is 13.8 Å². The number of aryl methyl sites for hydroxylation is 1. The van der Waals surface area contributed by atoms with Crippen molar-refractivity contribution in [1.29, 1.82) is 0 Å². The molecule has 0 fully saturated rings. The molecular formula is C23H24N2O2. The molecule has 0 aliphatic rings. The number of methoxy groups -OCH3 is 1. The fraction of sp³-hybridized carbons (Fsp3) is 0.217. The Balaban J connectivity index is 1.76. The van der Waals surface area contributed by atoms with Crippen molar-refractivity contribution in [1.82, 2.24) is 10.3 Å². The SMILES string of the molecule is COc1c(C)cnc(CNC(=O)c2ccccc2Cc2ccccc2)c1C. The summed E-state index contributed by atoms with van der Waals surface area (Å²) in [7, 11) is 1.65. The maximum atomic E-state index is 12.8. The highest BCUT2D eigenvalue weighted by atomic mass is 16.5. The summed E-state index contributed by atoms with van der Waals surface area (Å²) in [4.78, 5) is 17.2. The summed E-state index contributed by atoms with van der Waals surface area (Å²) in [6.45, 7) is 4.28. The molecule has 0 spiro atoms. The van der Waals surface area contributed by atoms with E-state index >= 15 is 0 Å². The molecule has 0 saturated carbocycles. The average Bonchev–Trinajstić information content (AvgIpc) is 2.69. The molecule has 0 bridgehead atoms. The number of nitrogens with one attached hydrogen (secondary N) is 1. The van der Waals surface area contributed by atoms with E-state index in [4.69, 9.17) is 4.74 Å². The number of ether oxygens (including phenoxy) is 1. The summed E-state index contributed by atoms with van der Waals surface area (Å²) < 4.78 is 5.44. The Hall–Kier alpha value is -3.14. The van der Waals surface area contributed by atoms with Crippen molar-refractivity contribution in [2.45, 2.75) is 26.8 Å². The number of carbonyl (C=O) groups excluding carboxylic acids is 1. The lowest BCUT2D eigenvalue weighted by molar-refractivity contribution is 0.0949. The molecule has 1 N–H and O–H groups in total. The first kappa shape index (κ1) is 18.6. The van der Waals surface area contributed by atoms with Crippen molar-refractivity contribution >= 4 is 5.91 Å². The Morgan fingerprint density at radius 3 is 2.48 bits per heavy atom. The lowest BCUT2D eigenvalue weighted by Crippen LogP contribution is -2.25. The lowest BCUT2D eigenvalue weighted by Gasteiger charge is -2.14. The summed E-state index contributed by atoms with van der Waals surface area (Å²) >= 11 is 0. The van der Waals surface area contributed by atoms with Crippen LogP contribution in [0.15, 0.2) is 60.8 Å². The van der Waals surface area contributed by atoms with E-state index in [-0.39, 0.29) is 5.91 Å². The van der Waals surface area contributed by atoms with Gasteiger partial charge in [-0.1, -0.05) is 48.5 Å². The number of aromatic nitrogens is 1. The van der Waals surface area contributed by atoms with Crippen LogP contribution in [-0.4, -0.2) is 18.0 Å². The first-order valence-corrected chi connectivity index (χ1v) is 8.99. The van der Waals surface area contributed by atoms with Crippen molar-refractivity contribution in [2.24, 2.45) is 0 Å². The molecule has 0 radical (unpaired) electrons. The minimum Gasteiger partial charge on any atom is -0.496 e. The second-order valence-corrected chi connectivity index (χ2v) is 6.55. The Bertz CT molecular complexity index is 936. The molecule has 2 aromatic carbocycles. The molecule has 27 heavy (non-hydrogen) atoms. The molecule has 0 aliphatic heterocycles. The number of nitrogens with zero attached hydrogens (tertiary/aromatic N) is 1. The topological polar surface area (TPSA) is 51.2 Å². The van der Waals surface area contributed by atoms with Crippen LogP contribution in [0.5, 0.6) is 5.75 Å². The molecule has 4 heteroatoms. The van der Waals surface area contributed by atoms with E-state index < -0.39 is 0 Å². The molecular weight excluding hydrogens is 336 g/mol. The zero-order chi connectivity index (χ0) is 19.2. The van der Waals surface area contributed by atoms with Crippen LogP contribution < -0.4 is 10.1 Å². The smallest absolute Gasteiger partial charge is 0.251 e. The van der Waals surface area contributed by atoms with E-state index in [1.165, 1.54) is 5.56 Å². The van der Waals surface area contributed by atoms with Gasteiger partial charge in [0.15, 0.2) is 0 Å². The fourth-order valence-corrected chi connectivity index (χ4v) is 3.22. The number of rotatable bonds is 6. The molecule has 3 rings (SSSR count). The van der Waals surface area contributed by atoms with E-state index in [9.17, 15) is 4.79 Å². The van der Waals surface area contributed by atoms with Crippen LogP contribution in [0.2, 0.25) is 0 Å². The predicted molar refractivity (Wildman–Crippen MR) is 107 cm³/mol. The Labute approximate surface area is 160 Å². The summed E-state index contributed by atoms with van der Waals surface area (Å²) in [6, 6.07) is 17.9. The van der Waals surface area contributed by atoms with Gasteiger partial charge in [-0.3, -0.25) is 9.78 Å². The summed E-state index contributed by atoms with van der Waals surface area (Å²) in [6.07, 6.45) is 2.50. The van der Waals surface area contributed by atoms with Crippen molar-refractivity contribution < 1.29 is 9.53 Å². The normalized spacial score (nSPS) is 10.5. The minimum atomic E-state index is -0.0951. The average molecular weight is 360 g/mol. The first-order chi connectivity index (χ1) is 13.1. The van der Waals surface area contributed by atoms with Crippen LogP contribution >= 0.6 is 0 Å². The molecule has 3 aromatic rings. The quantitative estimate of drug-likeness (QED) is 0.716. The molecule has 138 valence electrons. The zero-order valence-corrected chi connectivity index (χ0v) is 16.0. The van der Waals surface area contributed by atoms with E-state index in [1.54, 1.807) is 13.3 Å². The molecule has 1 aromatic heterocycles. The van der Waals surface area contributed by atoms with Gasteiger partial charge in [0, 0.05) is 22.9 Å². The van der Waals surface area contributed by atoms with Crippen LogP contribution in [0.25, 0.3) is 0 Å². The van der Waals surface area contributed by atoms with E-state index in [0.29, 0.717) is 12.1 Å². The maximum Gasteiger partial charge on any atom is 0.251 e. The molecule has 1 heterocycles. The van der Waals surface area contributed by atoms with Crippen LogP contribution in [0.1, 0.15) is 38.3 Å². The van der Waals surface area contributed by atoms with Gasteiger partial charge in [-0.05, 0) is 37.5 Å². The monoisotopic (exact) mass is 360 g/mol. The second kappa shape index (κ2) is 8.49. The Morgan fingerprint density at radius 2 is 1.74 bits per heavy atom. The highest BCUT2D eigenvalue weighted by Gasteiger charge is 2.14. The predicted octanol–water partition coefficient (Wildman–Crippen LogP) is 4.23. The molecule has 1 amide bonds. The van der Waals surface area contributed by atoms with Gasteiger partial charge in [0.1, 0.15) is 5.75 Å². The summed E-state index contributed by atoms with van der Waals surface area (Å²) in [5.41, 5.74) is 5.63. The highest BCUT2D eigenvalue weighted by molar-refractivity contribution is 5.95. The summed E-state index contributed by atoms with van der Waals surface area (Å²) in [5.74, 6) is 0.723. The van der Waals surface area contributed by atoms with Crippen molar-refractivity contribution in [3.8, 4) is 5.75 Å². The molecule has 0 atom stereocenters. The molecule has 0 unspecified atom stereocenters. The van der Waals surface area contributed by atoms with Crippen molar-refractivity contribution in [2.75, 3.05) is 7.11 Å². The van der Waals surface area contributed by atoms with Crippen LogP contribution in [0.4, 0.5) is 0 Å². The van der Waals surface area contributed by atoms with Gasteiger partial charge < -0.3 is 10.1 Å². The molecule has 0 saturated heterocycles. The number of hydrogen-bond donors (Lipinski definition) is 1. The lowest BCUT2D eigenvalue weighted by atomic mass is 9.99. The third-order valence-corrected chi connectivity index (χ3v) is 4.67. The standard InChI is InChI=1S/C23H24N2O2/c1-16-14-24-21(17(2)22(16)27-3)15-25-23(26)20-12-8-7-11-19(20)13-18-9-5-4-6-10-18/h4-12,14H,13,15H2,1-3H3,(H,25,26). The summed E-state index contributed by atoms with van der Waals surface area (Å²) in [5, 5.41) is 3.00. The number of carbonyl (C=O) groups is 1. The third-order valence-electron chi connectivity index (χ3n) is 4.67. The number of pyridine rings is 1. The minimum absolute atomic E-state index is 0.0951. The first-order valence-electron chi connectivity index (χ1n) is 8.99. The second-order valence-electron chi connectivity index (χ2n) is 6.55. The van der Waals surface area contributed by atoms with Gasteiger partial charge >= 0.3 is 0 Å². The molecule has 4 nitrogen and oxygen atoms in total. The largest absolute Gasteiger partial charge is 0.496 e. The number of hydrogen-bond acceptors (Lipinski definition) is 3. The van der Waals surface area contributed by atoms with Crippen LogP contribution in [-0.2, 0) is 13.0 Å².